The Labute approximate surface area is 221 Å². The van der Waals surface area contributed by atoms with Gasteiger partial charge in [-0.3, -0.25) is 0 Å². The first-order chi connectivity index (χ1) is 17.2. The van der Waals surface area contributed by atoms with E-state index < -0.39 is 0 Å². The van der Waals surface area contributed by atoms with E-state index in [2.05, 4.69) is 31.2 Å². The topological polar surface area (TPSA) is 9.23 Å². The molecule has 2 heteroatoms. The molecule has 35 heavy (non-hydrogen) atoms. The standard InChI is InChI=1S/C33H48OS/c1-3-4-5-6-7-8-9-10-11-12-13-14-15-16-18-21-30-26-24-29(28-32(30)34-2)25-27-33(35)31-22-19-17-20-23-31/h17,19-20,22-28H,3-16,18,21H2,1-2H3. The van der Waals surface area contributed by atoms with Crippen molar-refractivity contribution in [2.24, 2.45) is 0 Å². The number of rotatable bonds is 20. The van der Waals surface area contributed by atoms with Crippen LogP contribution in [0.25, 0.3) is 6.08 Å². The Bertz CT molecular complexity index is 839. The summed E-state index contributed by atoms with van der Waals surface area (Å²) in [6, 6.07) is 16.7. The molecule has 2 rings (SSSR count). The Morgan fingerprint density at radius 1 is 0.714 bits per heavy atom. The highest BCUT2D eigenvalue weighted by Crippen LogP contribution is 2.24. The molecule has 0 unspecified atom stereocenters. The normalized spacial score (nSPS) is 11.3. The van der Waals surface area contributed by atoms with Crippen LogP contribution in [0.5, 0.6) is 5.75 Å². The molecule has 0 aliphatic rings. The summed E-state index contributed by atoms with van der Waals surface area (Å²) in [5, 5.41) is 0. The number of unbranched alkanes of at least 4 members (excludes halogenated alkanes) is 14. The minimum atomic E-state index is 0.853. The largest absolute Gasteiger partial charge is 0.496 e. The molecule has 0 bridgehead atoms. The van der Waals surface area contributed by atoms with Crippen molar-refractivity contribution < 1.29 is 4.74 Å². The van der Waals surface area contributed by atoms with Crippen LogP contribution in [0, 0.1) is 0 Å². The van der Waals surface area contributed by atoms with E-state index >= 15 is 0 Å². The van der Waals surface area contributed by atoms with E-state index in [9.17, 15) is 0 Å². The summed E-state index contributed by atoms with van der Waals surface area (Å²) in [6.07, 6.45) is 26.2. The van der Waals surface area contributed by atoms with E-state index in [4.69, 9.17) is 17.0 Å². The van der Waals surface area contributed by atoms with Crippen LogP contribution in [0.15, 0.2) is 54.6 Å². The number of hydrogen-bond acceptors (Lipinski definition) is 2. The second kappa shape index (κ2) is 19.3. The molecule has 0 radical (unpaired) electrons. The minimum Gasteiger partial charge on any atom is -0.496 e. The fourth-order valence-electron chi connectivity index (χ4n) is 4.63. The molecule has 0 saturated carbocycles. The summed E-state index contributed by atoms with van der Waals surface area (Å²) < 4.78 is 5.69. The average Bonchev–Trinajstić information content (AvgIpc) is 2.90. The first-order valence-electron chi connectivity index (χ1n) is 14.2. The second-order valence-electron chi connectivity index (χ2n) is 9.83. The lowest BCUT2D eigenvalue weighted by Gasteiger charge is -2.10. The highest BCUT2D eigenvalue weighted by atomic mass is 32.1. The van der Waals surface area contributed by atoms with E-state index in [0.717, 1.165) is 28.2 Å². The van der Waals surface area contributed by atoms with Crippen LogP contribution in [0.1, 0.15) is 120 Å². The quantitative estimate of drug-likeness (QED) is 0.0786. The van der Waals surface area contributed by atoms with E-state index in [1.54, 1.807) is 7.11 Å². The summed E-state index contributed by atoms with van der Waals surface area (Å²) in [4.78, 5) is 0.853. The maximum absolute atomic E-state index is 5.69. The van der Waals surface area contributed by atoms with Crippen molar-refractivity contribution in [3.63, 3.8) is 0 Å². The van der Waals surface area contributed by atoms with E-state index in [1.807, 2.05) is 36.4 Å². The van der Waals surface area contributed by atoms with Crippen molar-refractivity contribution in [3.05, 3.63) is 71.3 Å². The van der Waals surface area contributed by atoms with Crippen molar-refractivity contribution in [1.82, 2.24) is 0 Å². The third kappa shape index (κ3) is 13.1. The predicted molar refractivity (Wildman–Crippen MR) is 159 cm³/mol. The van der Waals surface area contributed by atoms with Crippen LogP contribution in [0.2, 0.25) is 0 Å². The molecule has 0 aliphatic carbocycles. The lowest BCUT2D eigenvalue weighted by molar-refractivity contribution is 0.408. The third-order valence-corrected chi connectivity index (χ3v) is 7.22. The Kier molecular flexibility index (Phi) is 16.1. The van der Waals surface area contributed by atoms with Gasteiger partial charge in [0.2, 0.25) is 0 Å². The summed E-state index contributed by atoms with van der Waals surface area (Å²) in [6.45, 7) is 2.29. The number of benzene rings is 2. The molecule has 0 spiro atoms. The molecule has 0 aliphatic heterocycles. The first-order valence-corrected chi connectivity index (χ1v) is 14.6. The summed E-state index contributed by atoms with van der Waals surface area (Å²) in [5.41, 5.74) is 3.51. The summed E-state index contributed by atoms with van der Waals surface area (Å²) in [7, 11) is 1.77. The van der Waals surface area contributed by atoms with Crippen LogP contribution >= 0.6 is 12.2 Å². The van der Waals surface area contributed by atoms with E-state index in [-0.39, 0.29) is 0 Å². The molecular formula is C33H48OS. The van der Waals surface area contributed by atoms with E-state index in [0.29, 0.717) is 0 Å². The van der Waals surface area contributed by atoms with Gasteiger partial charge in [-0.15, -0.1) is 0 Å². The highest BCUT2D eigenvalue weighted by Gasteiger charge is 2.04. The van der Waals surface area contributed by atoms with Gasteiger partial charge in [0.1, 0.15) is 5.75 Å². The van der Waals surface area contributed by atoms with Crippen LogP contribution in [0.4, 0.5) is 0 Å². The molecule has 192 valence electrons. The Hall–Kier alpha value is -1.93. The molecule has 0 aromatic heterocycles. The van der Waals surface area contributed by atoms with Crippen molar-refractivity contribution in [2.75, 3.05) is 7.11 Å². The number of methoxy groups -OCH3 is 1. The smallest absolute Gasteiger partial charge is 0.122 e. The van der Waals surface area contributed by atoms with Crippen LogP contribution < -0.4 is 4.74 Å². The first kappa shape index (κ1) is 29.3. The maximum atomic E-state index is 5.69. The van der Waals surface area contributed by atoms with Crippen molar-refractivity contribution in [2.45, 2.75) is 110 Å². The number of aryl methyl sites for hydroxylation is 1. The van der Waals surface area contributed by atoms with Crippen LogP contribution in [-0.4, -0.2) is 12.0 Å². The zero-order valence-corrected chi connectivity index (χ0v) is 23.2. The van der Waals surface area contributed by atoms with Gasteiger partial charge >= 0.3 is 0 Å². The molecule has 2 aromatic rings. The lowest BCUT2D eigenvalue weighted by atomic mass is 10.0. The third-order valence-electron chi connectivity index (χ3n) is 6.85. The van der Waals surface area contributed by atoms with E-state index in [1.165, 1.54) is 102 Å². The van der Waals surface area contributed by atoms with Crippen LogP contribution in [-0.2, 0) is 6.42 Å². The fourth-order valence-corrected chi connectivity index (χ4v) is 4.83. The van der Waals surface area contributed by atoms with Gasteiger partial charge in [0.25, 0.3) is 0 Å². The molecule has 0 heterocycles. The minimum absolute atomic E-state index is 0.853. The molecule has 0 N–H and O–H groups in total. The number of hydrogen-bond donors (Lipinski definition) is 0. The fraction of sp³-hybridized carbons (Fsp3) is 0.545. The van der Waals surface area contributed by atoms with Gasteiger partial charge in [0, 0.05) is 4.86 Å². The molecule has 0 fully saturated rings. The number of ether oxygens (including phenoxy) is 1. The van der Waals surface area contributed by atoms with Crippen molar-refractivity contribution >= 4 is 23.2 Å². The van der Waals surface area contributed by atoms with Gasteiger partial charge in [-0.25, -0.2) is 0 Å². The maximum Gasteiger partial charge on any atom is 0.122 e. The molecule has 2 aromatic carbocycles. The molecule has 0 saturated heterocycles. The lowest BCUT2D eigenvalue weighted by Crippen LogP contribution is -1.94. The van der Waals surface area contributed by atoms with Gasteiger partial charge < -0.3 is 4.74 Å². The van der Waals surface area contributed by atoms with Gasteiger partial charge in [-0.05, 0) is 41.7 Å². The Morgan fingerprint density at radius 2 is 1.26 bits per heavy atom. The van der Waals surface area contributed by atoms with Crippen molar-refractivity contribution in [3.8, 4) is 5.75 Å². The summed E-state index contributed by atoms with van der Waals surface area (Å²) >= 11 is 5.54. The number of thiocarbonyl (C=S) groups is 1. The molecule has 0 amide bonds. The Balaban J connectivity index is 1.55. The zero-order valence-electron chi connectivity index (χ0n) is 22.4. The van der Waals surface area contributed by atoms with Crippen molar-refractivity contribution in [1.29, 1.82) is 0 Å². The average molecular weight is 493 g/mol. The van der Waals surface area contributed by atoms with Gasteiger partial charge in [-0.2, -0.15) is 0 Å². The number of allylic oxidation sites excluding steroid dienone is 1. The molecular weight excluding hydrogens is 444 g/mol. The monoisotopic (exact) mass is 492 g/mol. The Morgan fingerprint density at radius 3 is 1.80 bits per heavy atom. The highest BCUT2D eigenvalue weighted by molar-refractivity contribution is 7.81. The zero-order chi connectivity index (χ0) is 25.0. The van der Waals surface area contributed by atoms with Gasteiger partial charge in [0.05, 0.1) is 7.11 Å². The van der Waals surface area contributed by atoms with Gasteiger partial charge in [0.15, 0.2) is 0 Å². The second-order valence-corrected chi connectivity index (χ2v) is 10.3. The van der Waals surface area contributed by atoms with Gasteiger partial charge in [-0.1, -0.05) is 158 Å². The molecule has 0 atom stereocenters. The van der Waals surface area contributed by atoms with Crippen LogP contribution in [0.3, 0.4) is 0 Å². The predicted octanol–water partition coefficient (Wildman–Crippen LogP) is 10.5. The molecule has 1 nitrogen and oxygen atoms in total. The SMILES string of the molecule is CCCCCCCCCCCCCCCCCc1ccc(C=CC(=S)c2ccccc2)cc1OC. The summed E-state index contributed by atoms with van der Waals surface area (Å²) in [5.74, 6) is 0.989.